The first-order valence-electron chi connectivity index (χ1n) is 4.97. The molecule has 0 amide bonds. The molecule has 1 saturated heterocycles. The smallest absolute Gasteiger partial charge is 0.297 e. The summed E-state index contributed by atoms with van der Waals surface area (Å²) in [6, 6.07) is 0.529. The average molecular weight is 213 g/mol. The summed E-state index contributed by atoms with van der Waals surface area (Å²) >= 11 is 0. The lowest BCUT2D eigenvalue weighted by Gasteiger charge is -2.24. The van der Waals surface area contributed by atoms with Crippen molar-refractivity contribution < 1.29 is 14.3 Å². The van der Waals surface area contributed by atoms with Crippen LogP contribution >= 0.6 is 0 Å². The molecule has 1 aliphatic rings. The Labute approximate surface area is 87.6 Å². The summed E-state index contributed by atoms with van der Waals surface area (Å²) in [4.78, 5) is 6.16. The molecule has 84 valence electrons. The molecule has 6 heteroatoms. The molecule has 1 aromatic heterocycles. The monoisotopic (exact) mass is 213 g/mol. The fourth-order valence-corrected chi connectivity index (χ4v) is 1.45. The van der Waals surface area contributed by atoms with Crippen molar-refractivity contribution in [3.63, 3.8) is 0 Å². The zero-order chi connectivity index (χ0) is 10.7. The molecule has 6 nitrogen and oxygen atoms in total. The van der Waals surface area contributed by atoms with Crippen molar-refractivity contribution >= 4 is 6.01 Å². The quantitative estimate of drug-likeness (QED) is 0.704. The summed E-state index contributed by atoms with van der Waals surface area (Å²) in [5.41, 5.74) is 5.81. The van der Waals surface area contributed by atoms with Crippen LogP contribution in [0.1, 0.15) is 11.8 Å². The summed E-state index contributed by atoms with van der Waals surface area (Å²) in [7, 11) is 0. The summed E-state index contributed by atoms with van der Waals surface area (Å²) in [5, 5.41) is 9.45. The number of ether oxygens (including phenoxy) is 1. The molecular weight excluding hydrogens is 198 g/mol. The van der Waals surface area contributed by atoms with E-state index >= 15 is 0 Å². The predicted molar refractivity (Wildman–Crippen MR) is 53.5 cm³/mol. The molecule has 0 aliphatic carbocycles. The van der Waals surface area contributed by atoms with Crippen molar-refractivity contribution in [1.82, 2.24) is 4.98 Å². The Bertz CT molecular complexity index is 309. The Morgan fingerprint density at radius 1 is 1.53 bits per heavy atom. The van der Waals surface area contributed by atoms with Crippen LogP contribution in [0, 0.1) is 0 Å². The van der Waals surface area contributed by atoms with Crippen LogP contribution in [0.3, 0.4) is 0 Å². The number of nitrogens with two attached hydrogens (primary N) is 1. The SMILES string of the molecule is NCC(O)c1coc(N2CCOCC2)n1. The number of rotatable bonds is 3. The van der Waals surface area contributed by atoms with Crippen LogP contribution in [0.4, 0.5) is 6.01 Å². The minimum Gasteiger partial charge on any atom is -0.432 e. The van der Waals surface area contributed by atoms with Gasteiger partial charge in [0, 0.05) is 19.6 Å². The number of aliphatic hydroxyl groups excluding tert-OH is 1. The molecule has 0 spiro atoms. The lowest BCUT2D eigenvalue weighted by Crippen LogP contribution is -2.36. The highest BCUT2D eigenvalue weighted by Crippen LogP contribution is 2.18. The third kappa shape index (κ3) is 2.28. The van der Waals surface area contributed by atoms with Gasteiger partial charge in [-0.15, -0.1) is 0 Å². The summed E-state index contributed by atoms with van der Waals surface area (Å²) in [5.74, 6) is 0. The van der Waals surface area contributed by atoms with Gasteiger partial charge in [0.2, 0.25) is 0 Å². The van der Waals surface area contributed by atoms with Crippen LogP contribution < -0.4 is 10.6 Å². The largest absolute Gasteiger partial charge is 0.432 e. The molecule has 1 atom stereocenters. The van der Waals surface area contributed by atoms with Gasteiger partial charge in [0.05, 0.1) is 13.2 Å². The van der Waals surface area contributed by atoms with E-state index in [-0.39, 0.29) is 6.54 Å². The van der Waals surface area contributed by atoms with Crippen molar-refractivity contribution in [1.29, 1.82) is 0 Å². The second-order valence-electron chi connectivity index (χ2n) is 3.41. The maximum Gasteiger partial charge on any atom is 0.297 e. The van der Waals surface area contributed by atoms with E-state index < -0.39 is 6.10 Å². The van der Waals surface area contributed by atoms with Gasteiger partial charge in [0.25, 0.3) is 6.01 Å². The van der Waals surface area contributed by atoms with Gasteiger partial charge in [-0.25, -0.2) is 0 Å². The molecular formula is C9H15N3O3. The van der Waals surface area contributed by atoms with E-state index in [1.54, 1.807) is 0 Å². The van der Waals surface area contributed by atoms with Gasteiger partial charge in [-0.3, -0.25) is 0 Å². The fourth-order valence-electron chi connectivity index (χ4n) is 1.45. The molecule has 0 bridgehead atoms. The van der Waals surface area contributed by atoms with E-state index in [0.717, 1.165) is 13.1 Å². The van der Waals surface area contributed by atoms with Crippen LogP contribution in [-0.2, 0) is 4.74 Å². The number of aliphatic hydroxyl groups is 1. The van der Waals surface area contributed by atoms with Gasteiger partial charge >= 0.3 is 0 Å². The molecule has 1 unspecified atom stereocenters. The molecule has 2 rings (SSSR count). The Balaban J connectivity index is 2.05. The van der Waals surface area contributed by atoms with E-state index in [1.807, 2.05) is 4.90 Å². The molecule has 0 aromatic carbocycles. The fraction of sp³-hybridized carbons (Fsp3) is 0.667. The molecule has 1 aromatic rings. The topological polar surface area (TPSA) is 84.8 Å². The van der Waals surface area contributed by atoms with Crippen LogP contribution in [-0.4, -0.2) is 42.9 Å². The van der Waals surface area contributed by atoms with Crippen molar-refractivity contribution in [3.8, 4) is 0 Å². The van der Waals surface area contributed by atoms with E-state index in [4.69, 9.17) is 14.9 Å². The molecule has 0 radical (unpaired) electrons. The Morgan fingerprint density at radius 3 is 2.93 bits per heavy atom. The van der Waals surface area contributed by atoms with Crippen LogP contribution in [0.15, 0.2) is 10.7 Å². The van der Waals surface area contributed by atoms with Gasteiger partial charge in [0.1, 0.15) is 18.1 Å². The lowest BCUT2D eigenvalue weighted by atomic mass is 10.3. The van der Waals surface area contributed by atoms with E-state index in [9.17, 15) is 5.11 Å². The Kier molecular flexibility index (Phi) is 3.20. The van der Waals surface area contributed by atoms with E-state index in [1.165, 1.54) is 6.26 Å². The Morgan fingerprint density at radius 2 is 2.27 bits per heavy atom. The van der Waals surface area contributed by atoms with Crippen molar-refractivity contribution in [3.05, 3.63) is 12.0 Å². The van der Waals surface area contributed by atoms with Gasteiger partial charge in [-0.05, 0) is 0 Å². The minimum absolute atomic E-state index is 0.148. The van der Waals surface area contributed by atoms with Crippen molar-refractivity contribution in [2.75, 3.05) is 37.7 Å². The molecule has 0 saturated carbocycles. The molecule has 3 N–H and O–H groups in total. The third-order valence-corrected chi connectivity index (χ3v) is 2.36. The van der Waals surface area contributed by atoms with Crippen LogP contribution in [0.2, 0.25) is 0 Å². The summed E-state index contributed by atoms with van der Waals surface area (Å²) in [6.45, 7) is 3.03. The molecule has 1 fully saturated rings. The lowest BCUT2D eigenvalue weighted by molar-refractivity contribution is 0.120. The number of anilines is 1. The number of oxazole rings is 1. The van der Waals surface area contributed by atoms with E-state index in [0.29, 0.717) is 24.9 Å². The first-order chi connectivity index (χ1) is 7.31. The second kappa shape index (κ2) is 4.61. The van der Waals surface area contributed by atoms with Gasteiger partial charge in [-0.1, -0.05) is 0 Å². The normalized spacial score (nSPS) is 19.2. The average Bonchev–Trinajstić information content (AvgIpc) is 2.78. The molecule has 1 aliphatic heterocycles. The predicted octanol–water partition coefficient (Wildman–Crippen LogP) is -0.497. The van der Waals surface area contributed by atoms with Crippen molar-refractivity contribution in [2.24, 2.45) is 5.73 Å². The number of hydrogen-bond acceptors (Lipinski definition) is 6. The third-order valence-electron chi connectivity index (χ3n) is 2.36. The first-order valence-corrected chi connectivity index (χ1v) is 4.97. The zero-order valence-electron chi connectivity index (χ0n) is 8.43. The maximum absolute atomic E-state index is 9.45. The minimum atomic E-state index is -0.747. The van der Waals surface area contributed by atoms with Gasteiger partial charge in [0.15, 0.2) is 0 Å². The molecule has 2 heterocycles. The van der Waals surface area contributed by atoms with Crippen molar-refractivity contribution in [2.45, 2.75) is 6.10 Å². The molecule has 15 heavy (non-hydrogen) atoms. The summed E-state index contributed by atoms with van der Waals surface area (Å²) in [6.07, 6.45) is 0.700. The highest BCUT2D eigenvalue weighted by atomic mass is 16.5. The number of aromatic nitrogens is 1. The number of nitrogens with zero attached hydrogens (tertiary/aromatic N) is 2. The Hall–Kier alpha value is -1.11. The first kappa shape index (κ1) is 10.4. The van der Waals surface area contributed by atoms with Gasteiger partial charge < -0.3 is 24.9 Å². The highest BCUT2D eigenvalue weighted by Gasteiger charge is 2.18. The highest BCUT2D eigenvalue weighted by molar-refractivity contribution is 5.27. The second-order valence-corrected chi connectivity index (χ2v) is 3.41. The zero-order valence-corrected chi connectivity index (χ0v) is 8.43. The standard InChI is InChI=1S/C9H15N3O3/c10-5-8(13)7-6-15-9(11-7)12-1-3-14-4-2-12/h6,8,13H,1-5,10H2. The summed E-state index contributed by atoms with van der Waals surface area (Å²) < 4.78 is 10.5. The number of hydrogen-bond donors (Lipinski definition) is 2. The maximum atomic E-state index is 9.45. The number of morpholine rings is 1. The van der Waals surface area contributed by atoms with E-state index in [2.05, 4.69) is 4.98 Å². The van der Waals surface area contributed by atoms with Crippen LogP contribution in [0.5, 0.6) is 0 Å². The van der Waals surface area contributed by atoms with Crippen LogP contribution in [0.25, 0.3) is 0 Å². The van der Waals surface area contributed by atoms with Gasteiger partial charge in [-0.2, -0.15) is 4.98 Å².